The van der Waals surface area contributed by atoms with Crippen molar-refractivity contribution in [2.45, 2.75) is 37.1 Å². The minimum absolute atomic E-state index is 0.0215. The summed E-state index contributed by atoms with van der Waals surface area (Å²) in [4.78, 5) is 16.7. The molecule has 0 saturated carbocycles. The number of carbonyl (C=O) groups excluding carboxylic acids is 1. The van der Waals surface area contributed by atoms with Crippen LogP contribution in [-0.2, 0) is 27.7 Å². The van der Waals surface area contributed by atoms with Gasteiger partial charge in [-0.1, -0.05) is 23.2 Å². The maximum Gasteiger partial charge on any atom is 0.257 e. The summed E-state index contributed by atoms with van der Waals surface area (Å²) in [6.07, 6.45) is 4.35. The number of carbonyl (C=O) groups is 1. The van der Waals surface area contributed by atoms with Crippen LogP contribution in [0.5, 0.6) is 0 Å². The number of nitrogens with one attached hydrogen (secondary N) is 2. The lowest BCUT2D eigenvalue weighted by Gasteiger charge is -2.29. The van der Waals surface area contributed by atoms with Gasteiger partial charge in [0.25, 0.3) is 5.91 Å². The third kappa shape index (κ3) is 6.29. The molecule has 1 aromatic heterocycles. The highest BCUT2D eigenvalue weighted by Gasteiger charge is 2.31. The van der Waals surface area contributed by atoms with Gasteiger partial charge in [0, 0.05) is 31.1 Å². The van der Waals surface area contributed by atoms with E-state index in [1.807, 2.05) is 0 Å². The minimum atomic E-state index is -3.95. The Kier molecular flexibility index (Phi) is 9.15. The van der Waals surface area contributed by atoms with Gasteiger partial charge in [-0.25, -0.2) is 8.42 Å². The van der Waals surface area contributed by atoms with Gasteiger partial charge >= 0.3 is 0 Å². The number of nitriles is 1. The fourth-order valence-corrected chi connectivity index (χ4v) is 8.86. The van der Waals surface area contributed by atoms with Crippen molar-refractivity contribution in [1.82, 2.24) is 14.5 Å². The van der Waals surface area contributed by atoms with Crippen molar-refractivity contribution in [2.75, 3.05) is 57.8 Å². The van der Waals surface area contributed by atoms with Crippen LogP contribution in [0.2, 0.25) is 10.0 Å². The normalized spacial score (nSPS) is 19.4. The molecular weight excluding hydrogens is 581 g/mol. The number of ether oxygens (including phenoxy) is 1. The number of thiophene rings is 1. The van der Waals surface area contributed by atoms with Gasteiger partial charge < -0.3 is 15.4 Å². The molecule has 2 aromatic rings. The highest BCUT2D eigenvalue weighted by molar-refractivity contribution is 7.89. The van der Waals surface area contributed by atoms with Gasteiger partial charge in [0.15, 0.2) is 0 Å². The van der Waals surface area contributed by atoms with Crippen LogP contribution >= 0.6 is 34.5 Å². The monoisotopic (exact) mass is 611 g/mol. The predicted molar refractivity (Wildman–Crippen MR) is 152 cm³/mol. The van der Waals surface area contributed by atoms with E-state index in [2.05, 4.69) is 21.6 Å². The molecule has 4 heterocycles. The number of hydrogen-bond acceptors (Lipinski definition) is 8. The first-order chi connectivity index (χ1) is 18.8. The third-order valence-corrected chi connectivity index (χ3v) is 11.4. The quantitative estimate of drug-likeness (QED) is 0.487. The van der Waals surface area contributed by atoms with E-state index < -0.39 is 15.9 Å². The first-order valence-electron chi connectivity index (χ1n) is 13.1. The van der Waals surface area contributed by atoms with Crippen LogP contribution < -0.4 is 10.6 Å². The molecule has 0 spiro atoms. The van der Waals surface area contributed by atoms with Gasteiger partial charge in [-0.3, -0.25) is 9.69 Å². The van der Waals surface area contributed by atoms with E-state index in [1.54, 1.807) is 0 Å². The fraction of sp³-hybridized carbons (Fsp3) is 0.538. The summed E-state index contributed by atoms with van der Waals surface area (Å²) in [5.41, 5.74) is 1.42. The van der Waals surface area contributed by atoms with Gasteiger partial charge in [0.2, 0.25) is 10.0 Å². The number of anilines is 1. The average molecular weight is 613 g/mol. The molecule has 1 aromatic carbocycles. The van der Waals surface area contributed by atoms with Crippen LogP contribution in [0.25, 0.3) is 0 Å². The number of benzene rings is 1. The number of piperidine rings is 1. The fourth-order valence-electron chi connectivity index (χ4n) is 5.39. The molecule has 2 N–H and O–H groups in total. The molecule has 3 aliphatic heterocycles. The molecule has 1 amide bonds. The zero-order valence-electron chi connectivity index (χ0n) is 21.5. The van der Waals surface area contributed by atoms with Crippen LogP contribution in [0, 0.1) is 17.2 Å². The first-order valence-corrected chi connectivity index (χ1v) is 16.1. The number of rotatable bonds is 7. The summed E-state index contributed by atoms with van der Waals surface area (Å²) in [5, 5.41) is 16.6. The first kappa shape index (κ1) is 28.8. The zero-order valence-corrected chi connectivity index (χ0v) is 24.6. The molecule has 0 atom stereocenters. The number of fused-ring (bicyclic) bond motifs is 1. The molecule has 0 aliphatic carbocycles. The van der Waals surface area contributed by atoms with Crippen LogP contribution in [0.15, 0.2) is 17.0 Å². The summed E-state index contributed by atoms with van der Waals surface area (Å²) in [5.74, 6) is 0.162. The molecule has 5 rings (SSSR count). The Morgan fingerprint density at radius 1 is 1.18 bits per heavy atom. The minimum Gasteiger partial charge on any atom is -0.379 e. The van der Waals surface area contributed by atoms with Gasteiger partial charge in [-0.2, -0.15) is 9.57 Å². The number of sulfonamides is 1. The summed E-state index contributed by atoms with van der Waals surface area (Å²) >= 11 is 14.0. The smallest absolute Gasteiger partial charge is 0.257 e. The second-order valence-corrected chi connectivity index (χ2v) is 13.9. The maximum absolute atomic E-state index is 13.3. The Morgan fingerprint density at radius 2 is 1.92 bits per heavy atom. The van der Waals surface area contributed by atoms with Crippen molar-refractivity contribution in [3.8, 4) is 6.07 Å². The summed E-state index contributed by atoms with van der Waals surface area (Å²) in [6, 6.07) is 4.75. The predicted octanol–water partition coefficient (Wildman–Crippen LogP) is 3.95. The molecule has 9 nitrogen and oxygen atoms in total. The topological polar surface area (TPSA) is 115 Å². The molecule has 39 heavy (non-hydrogen) atoms. The van der Waals surface area contributed by atoms with Crippen molar-refractivity contribution in [3.63, 3.8) is 0 Å². The van der Waals surface area contributed by atoms with E-state index >= 15 is 0 Å². The molecule has 0 unspecified atom stereocenters. The SMILES string of the molecule is N#Cc1c(NC(=O)c2cc(S(=O)(=O)N3CCOCC3)c(Cl)cc2Cl)sc2c1CCN(CCC1CCNCC1)C2. The third-order valence-electron chi connectivity index (χ3n) is 7.64. The summed E-state index contributed by atoms with van der Waals surface area (Å²) in [7, 11) is -3.95. The number of halogens is 2. The molecule has 210 valence electrons. The Labute approximate surface area is 243 Å². The van der Waals surface area contributed by atoms with E-state index in [1.165, 1.54) is 47.0 Å². The lowest BCUT2D eigenvalue weighted by Crippen LogP contribution is -2.40. The lowest BCUT2D eigenvalue weighted by molar-refractivity contribution is 0.0730. The van der Waals surface area contributed by atoms with Gasteiger partial charge in [-0.05, 0) is 68.9 Å². The van der Waals surface area contributed by atoms with Gasteiger partial charge in [0.1, 0.15) is 16.0 Å². The highest BCUT2D eigenvalue weighted by atomic mass is 35.5. The molecule has 13 heteroatoms. The van der Waals surface area contributed by atoms with Crippen molar-refractivity contribution >= 4 is 55.5 Å². The van der Waals surface area contributed by atoms with Gasteiger partial charge in [0.05, 0.1) is 34.4 Å². The number of hydrogen-bond donors (Lipinski definition) is 2. The highest BCUT2D eigenvalue weighted by Crippen LogP contribution is 2.38. The van der Waals surface area contributed by atoms with Crippen LogP contribution in [0.4, 0.5) is 5.00 Å². The van der Waals surface area contributed by atoms with Crippen LogP contribution in [0.1, 0.15) is 45.6 Å². The Balaban J connectivity index is 1.33. The molecule has 2 fully saturated rings. The standard InChI is InChI=1S/C26H31Cl2N5O4S2/c27-21-14-22(28)24(39(35,36)33-9-11-37-12-10-33)13-19(21)25(34)31-26-20(15-29)18-4-8-32(16-23(18)38-26)7-3-17-1-5-30-6-2-17/h13-14,17,30H,1-12,16H2,(H,31,34). The van der Waals surface area contributed by atoms with Crippen LogP contribution in [0.3, 0.4) is 0 Å². The summed E-state index contributed by atoms with van der Waals surface area (Å²) in [6.45, 7) is 5.79. The van der Waals surface area contributed by atoms with E-state index in [9.17, 15) is 18.5 Å². The number of morpholine rings is 1. The van der Waals surface area contributed by atoms with Crippen molar-refractivity contribution in [2.24, 2.45) is 5.92 Å². The molecular formula is C26H31Cl2N5O4S2. The molecule has 0 radical (unpaired) electrons. The van der Waals surface area contributed by atoms with E-state index in [0.29, 0.717) is 10.6 Å². The average Bonchev–Trinajstić information content (AvgIpc) is 3.28. The lowest BCUT2D eigenvalue weighted by atomic mass is 9.94. The number of nitrogens with zero attached hydrogens (tertiary/aromatic N) is 3. The molecule has 0 bridgehead atoms. The second-order valence-electron chi connectivity index (χ2n) is 10.1. The molecule has 2 saturated heterocycles. The largest absolute Gasteiger partial charge is 0.379 e. The van der Waals surface area contributed by atoms with Crippen molar-refractivity contribution in [1.29, 1.82) is 5.26 Å². The van der Waals surface area contributed by atoms with E-state index in [4.69, 9.17) is 27.9 Å². The molecule has 3 aliphatic rings. The number of amides is 1. The van der Waals surface area contributed by atoms with Crippen molar-refractivity contribution in [3.05, 3.63) is 43.7 Å². The Hall–Kier alpha value is -1.75. The van der Waals surface area contributed by atoms with Crippen LogP contribution in [-0.4, -0.2) is 76.0 Å². The Bertz CT molecular complexity index is 1380. The Morgan fingerprint density at radius 3 is 2.64 bits per heavy atom. The van der Waals surface area contributed by atoms with E-state index in [0.717, 1.165) is 55.5 Å². The zero-order chi connectivity index (χ0) is 27.6. The maximum atomic E-state index is 13.3. The van der Waals surface area contributed by atoms with E-state index in [-0.39, 0.29) is 46.8 Å². The summed E-state index contributed by atoms with van der Waals surface area (Å²) < 4.78 is 33.0. The van der Waals surface area contributed by atoms with Gasteiger partial charge in [-0.15, -0.1) is 11.3 Å². The van der Waals surface area contributed by atoms with Crippen molar-refractivity contribution < 1.29 is 17.9 Å². The second kappa shape index (κ2) is 12.4.